The van der Waals surface area contributed by atoms with Crippen LogP contribution in [0, 0.1) is 0 Å². The first-order valence-corrected chi connectivity index (χ1v) is 6.67. The van der Waals surface area contributed by atoms with E-state index < -0.39 is 6.10 Å². The summed E-state index contributed by atoms with van der Waals surface area (Å²) in [5.74, 6) is 0.881. The highest BCUT2D eigenvalue weighted by Gasteiger charge is 2.22. The van der Waals surface area contributed by atoms with E-state index in [0.29, 0.717) is 17.6 Å². The predicted molar refractivity (Wildman–Crippen MR) is 79.1 cm³/mol. The summed E-state index contributed by atoms with van der Waals surface area (Å²) < 4.78 is 5.35. The molecule has 0 aliphatic rings. The molecule has 2 unspecified atom stereocenters. The fourth-order valence-electron chi connectivity index (χ4n) is 2.18. The van der Waals surface area contributed by atoms with Gasteiger partial charge in [0.05, 0.1) is 18.8 Å². The highest BCUT2D eigenvalue weighted by atomic mass is 16.3. The molecule has 0 aliphatic heterocycles. The van der Waals surface area contributed by atoms with E-state index in [1.807, 2.05) is 26.2 Å². The summed E-state index contributed by atoms with van der Waals surface area (Å²) in [5.41, 5.74) is 1.54. The van der Waals surface area contributed by atoms with Gasteiger partial charge >= 0.3 is 0 Å². The first kappa shape index (κ1) is 15.4. The number of carbonyl (C=O) groups excluding carboxylic acids is 1. The SMILES string of the molecule is CN(C)C(CO)C(O)c1ccc(-c2ccc(C=O)o2)cc1. The number of likely N-dealkylation sites (N-methyl/N-ethyl adjacent to an activating group) is 1. The molecule has 5 heteroatoms. The summed E-state index contributed by atoms with van der Waals surface area (Å²) in [5, 5.41) is 19.6. The molecule has 112 valence electrons. The molecule has 1 aromatic carbocycles. The Labute approximate surface area is 123 Å². The summed E-state index contributed by atoms with van der Waals surface area (Å²) in [4.78, 5) is 12.4. The minimum atomic E-state index is -0.777. The molecule has 0 aliphatic carbocycles. The number of furan rings is 1. The summed E-state index contributed by atoms with van der Waals surface area (Å²) >= 11 is 0. The van der Waals surface area contributed by atoms with E-state index in [4.69, 9.17) is 4.42 Å². The number of benzene rings is 1. The molecule has 1 aromatic heterocycles. The van der Waals surface area contributed by atoms with Crippen LogP contribution in [0.25, 0.3) is 11.3 Å². The Kier molecular flexibility index (Phi) is 4.90. The van der Waals surface area contributed by atoms with E-state index in [-0.39, 0.29) is 18.4 Å². The van der Waals surface area contributed by atoms with Gasteiger partial charge in [-0.3, -0.25) is 4.79 Å². The molecule has 21 heavy (non-hydrogen) atoms. The van der Waals surface area contributed by atoms with Crippen molar-refractivity contribution in [3.63, 3.8) is 0 Å². The Bertz CT molecular complexity index is 589. The Morgan fingerprint density at radius 3 is 2.33 bits per heavy atom. The minimum Gasteiger partial charge on any atom is -0.453 e. The largest absolute Gasteiger partial charge is 0.453 e. The smallest absolute Gasteiger partial charge is 0.185 e. The van der Waals surface area contributed by atoms with E-state index in [9.17, 15) is 15.0 Å². The highest BCUT2D eigenvalue weighted by molar-refractivity contribution is 5.72. The van der Waals surface area contributed by atoms with Crippen molar-refractivity contribution in [3.8, 4) is 11.3 Å². The maximum Gasteiger partial charge on any atom is 0.185 e. The lowest BCUT2D eigenvalue weighted by Crippen LogP contribution is -2.37. The molecule has 0 saturated carbocycles. The molecule has 1 heterocycles. The Hall–Kier alpha value is -1.95. The standard InChI is InChI=1S/C16H19NO4/c1-17(2)14(10-19)16(20)12-5-3-11(4-6-12)15-8-7-13(9-18)21-15/h3-9,14,16,19-20H,10H2,1-2H3. The summed E-state index contributed by atoms with van der Waals surface area (Å²) in [6.45, 7) is -0.128. The molecule has 2 aromatic rings. The molecule has 0 amide bonds. The van der Waals surface area contributed by atoms with Crippen molar-refractivity contribution in [1.29, 1.82) is 0 Å². The van der Waals surface area contributed by atoms with Gasteiger partial charge in [-0.1, -0.05) is 24.3 Å². The number of aldehydes is 1. The average molecular weight is 289 g/mol. The molecule has 0 radical (unpaired) electrons. The maximum atomic E-state index is 10.6. The fraction of sp³-hybridized carbons (Fsp3) is 0.312. The topological polar surface area (TPSA) is 73.9 Å². The number of nitrogens with zero attached hydrogens (tertiary/aromatic N) is 1. The lowest BCUT2D eigenvalue weighted by atomic mass is 10.00. The van der Waals surface area contributed by atoms with Crippen LogP contribution in [-0.2, 0) is 0 Å². The normalized spacial score (nSPS) is 14.1. The minimum absolute atomic E-state index is 0.128. The third-order valence-corrected chi connectivity index (χ3v) is 3.49. The Morgan fingerprint density at radius 1 is 1.19 bits per heavy atom. The highest BCUT2D eigenvalue weighted by Crippen LogP contribution is 2.25. The lowest BCUT2D eigenvalue weighted by Gasteiger charge is -2.27. The van der Waals surface area contributed by atoms with Crippen LogP contribution in [0.1, 0.15) is 22.2 Å². The molecule has 2 N–H and O–H groups in total. The molecule has 0 fully saturated rings. The first-order valence-electron chi connectivity index (χ1n) is 6.67. The van der Waals surface area contributed by atoms with Gasteiger partial charge in [0, 0.05) is 5.56 Å². The van der Waals surface area contributed by atoms with E-state index in [2.05, 4.69) is 0 Å². The van der Waals surface area contributed by atoms with Gasteiger partial charge in [0.25, 0.3) is 0 Å². The maximum absolute atomic E-state index is 10.6. The number of hydrogen-bond acceptors (Lipinski definition) is 5. The van der Waals surface area contributed by atoms with Crippen LogP contribution in [0.5, 0.6) is 0 Å². The quantitative estimate of drug-likeness (QED) is 0.792. The number of carbonyl (C=O) groups is 1. The number of aliphatic hydroxyl groups is 2. The van der Waals surface area contributed by atoms with Crippen LogP contribution < -0.4 is 0 Å². The van der Waals surface area contributed by atoms with Crippen molar-refractivity contribution in [2.75, 3.05) is 20.7 Å². The van der Waals surface area contributed by atoms with Crippen LogP contribution in [0.3, 0.4) is 0 Å². The van der Waals surface area contributed by atoms with Gasteiger partial charge in [-0.25, -0.2) is 0 Å². The van der Waals surface area contributed by atoms with Crippen LogP contribution in [0.2, 0.25) is 0 Å². The second kappa shape index (κ2) is 6.67. The lowest BCUT2D eigenvalue weighted by molar-refractivity contribution is 0.0390. The van der Waals surface area contributed by atoms with Crippen LogP contribution in [0.15, 0.2) is 40.8 Å². The Balaban J connectivity index is 2.20. The van der Waals surface area contributed by atoms with Gasteiger partial charge in [-0.05, 0) is 31.8 Å². The van der Waals surface area contributed by atoms with Crippen molar-refractivity contribution in [3.05, 3.63) is 47.7 Å². The van der Waals surface area contributed by atoms with E-state index >= 15 is 0 Å². The summed E-state index contributed by atoms with van der Waals surface area (Å²) in [6, 6.07) is 10.2. The van der Waals surface area contributed by atoms with Crippen LogP contribution in [0.4, 0.5) is 0 Å². The van der Waals surface area contributed by atoms with E-state index in [0.717, 1.165) is 5.56 Å². The predicted octanol–water partition coefficient (Wildman–Crippen LogP) is 1.71. The van der Waals surface area contributed by atoms with E-state index in [1.54, 1.807) is 29.2 Å². The third kappa shape index (κ3) is 3.39. The average Bonchev–Trinajstić information content (AvgIpc) is 2.96. The van der Waals surface area contributed by atoms with Crippen molar-refractivity contribution in [2.45, 2.75) is 12.1 Å². The van der Waals surface area contributed by atoms with Crippen LogP contribution in [-0.4, -0.2) is 48.1 Å². The number of aliphatic hydroxyl groups excluding tert-OH is 2. The molecular formula is C16H19NO4. The summed E-state index contributed by atoms with van der Waals surface area (Å²) in [6.07, 6.45) is -0.119. The molecule has 0 bridgehead atoms. The zero-order valence-corrected chi connectivity index (χ0v) is 12.1. The zero-order chi connectivity index (χ0) is 15.4. The van der Waals surface area contributed by atoms with Crippen molar-refractivity contribution in [2.24, 2.45) is 0 Å². The second-order valence-corrected chi connectivity index (χ2v) is 5.10. The molecule has 0 saturated heterocycles. The number of rotatable bonds is 6. The van der Waals surface area contributed by atoms with Gasteiger partial charge in [-0.2, -0.15) is 0 Å². The number of hydrogen-bond donors (Lipinski definition) is 2. The Morgan fingerprint density at radius 2 is 1.86 bits per heavy atom. The van der Waals surface area contributed by atoms with Gasteiger partial charge in [0.2, 0.25) is 0 Å². The van der Waals surface area contributed by atoms with Gasteiger partial charge in [0.15, 0.2) is 12.0 Å². The zero-order valence-electron chi connectivity index (χ0n) is 12.1. The fourth-order valence-corrected chi connectivity index (χ4v) is 2.18. The van der Waals surface area contributed by atoms with Crippen molar-refractivity contribution in [1.82, 2.24) is 4.90 Å². The summed E-state index contributed by atoms with van der Waals surface area (Å²) in [7, 11) is 3.62. The molecule has 5 nitrogen and oxygen atoms in total. The van der Waals surface area contributed by atoms with Gasteiger partial charge in [-0.15, -0.1) is 0 Å². The van der Waals surface area contributed by atoms with Crippen molar-refractivity contribution < 1.29 is 19.4 Å². The van der Waals surface area contributed by atoms with Crippen LogP contribution >= 0.6 is 0 Å². The molecular weight excluding hydrogens is 270 g/mol. The molecule has 0 spiro atoms. The van der Waals surface area contributed by atoms with Gasteiger partial charge < -0.3 is 19.5 Å². The third-order valence-electron chi connectivity index (χ3n) is 3.49. The van der Waals surface area contributed by atoms with Gasteiger partial charge in [0.1, 0.15) is 5.76 Å². The monoisotopic (exact) mass is 289 g/mol. The van der Waals surface area contributed by atoms with E-state index in [1.165, 1.54) is 0 Å². The van der Waals surface area contributed by atoms with Crippen molar-refractivity contribution >= 4 is 6.29 Å². The first-order chi connectivity index (χ1) is 10.1. The molecule has 2 atom stereocenters. The molecule has 2 rings (SSSR count). The second-order valence-electron chi connectivity index (χ2n) is 5.10.